The van der Waals surface area contributed by atoms with Crippen molar-refractivity contribution in [2.45, 2.75) is 6.92 Å². The Hall–Kier alpha value is -1.41. The molecular weight excluding hydrogens is 366 g/mol. The summed E-state index contributed by atoms with van der Waals surface area (Å²) in [6, 6.07) is 3.80. The third-order valence-corrected chi connectivity index (χ3v) is 3.39. The van der Waals surface area contributed by atoms with Gasteiger partial charge < -0.3 is 11.1 Å². The Labute approximate surface area is 120 Å². The average molecular weight is 375 g/mol. The number of nitrogen functional groups attached to an aromatic ring is 1. The van der Waals surface area contributed by atoms with Crippen molar-refractivity contribution in [3.63, 3.8) is 0 Å². The number of hydrogen-bond donors (Lipinski definition) is 3. The van der Waals surface area contributed by atoms with Gasteiger partial charge in [0, 0.05) is 8.95 Å². The maximum Gasteiger partial charge on any atom is 0.293 e. The highest BCUT2D eigenvalue weighted by Crippen LogP contribution is 2.32. The zero-order valence-electron chi connectivity index (χ0n) is 9.29. The maximum atomic E-state index is 11.9. The molecule has 0 aliphatic carbocycles. The number of carbonyl (C=O) groups is 1. The van der Waals surface area contributed by atoms with Crippen LogP contribution in [0.5, 0.6) is 0 Å². The van der Waals surface area contributed by atoms with Gasteiger partial charge in [-0.3, -0.25) is 9.89 Å². The van der Waals surface area contributed by atoms with E-state index >= 15 is 0 Å². The summed E-state index contributed by atoms with van der Waals surface area (Å²) >= 11 is 6.78. The first-order valence-electron chi connectivity index (χ1n) is 4.92. The van der Waals surface area contributed by atoms with Gasteiger partial charge in [-0.1, -0.05) is 0 Å². The van der Waals surface area contributed by atoms with E-state index in [1.807, 2.05) is 19.1 Å². The first kappa shape index (κ1) is 13.0. The Bertz CT molecular complexity index is 587. The minimum Gasteiger partial charge on any atom is -0.366 e. The highest BCUT2D eigenvalue weighted by Gasteiger charge is 2.14. The Kier molecular flexibility index (Phi) is 3.67. The number of nitrogens with zero attached hydrogens (tertiary/aromatic N) is 2. The molecule has 0 spiro atoms. The summed E-state index contributed by atoms with van der Waals surface area (Å²) in [4.78, 5) is 15.6. The van der Waals surface area contributed by atoms with E-state index in [4.69, 9.17) is 5.73 Å². The maximum absolute atomic E-state index is 11.9. The van der Waals surface area contributed by atoms with E-state index in [-0.39, 0.29) is 11.8 Å². The third kappa shape index (κ3) is 2.70. The number of rotatable bonds is 2. The minimum absolute atomic E-state index is 0.0298. The van der Waals surface area contributed by atoms with Crippen molar-refractivity contribution >= 4 is 49.4 Å². The van der Waals surface area contributed by atoms with Crippen LogP contribution >= 0.6 is 31.9 Å². The second-order valence-corrected chi connectivity index (χ2v) is 5.31. The molecule has 18 heavy (non-hydrogen) atoms. The fraction of sp³-hybridized carbons (Fsp3) is 0.100. The van der Waals surface area contributed by atoms with Gasteiger partial charge in [-0.05, 0) is 56.5 Å². The van der Waals surface area contributed by atoms with Crippen LogP contribution in [0.4, 0.5) is 11.6 Å². The topological polar surface area (TPSA) is 96.7 Å². The Morgan fingerprint density at radius 1 is 1.39 bits per heavy atom. The van der Waals surface area contributed by atoms with E-state index in [1.54, 1.807) is 0 Å². The van der Waals surface area contributed by atoms with E-state index in [0.29, 0.717) is 5.69 Å². The van der Waals surface area contributed by atoms with Crippen LogP contribution in [-0.4, -0.2) is 21.1 Å². The van der Waals surface area contributed by atoms with E-state index in [1.165, 1.54) is 0 Å². The van der Waals surface area contributed by atoms with Crippen LogP contribution in [0.3, 0.4) is 0 Å². The predicted molar refractivity (Wildman–Crippen MR) is 75.3 cm³/mol. The largest absolute Gasteiger partial charge is 0.366 e. The van der Waals surface area contributed by atoms with Crippen molar-refractivity contribution in [1.29, 1.82) is 0 Å². The lowest BCUT2D eigenvalue weighted by Gasteiger charge is -2.09. The summed E-state index contributed by atoms with van der Waals surface area (Å²) in [6.45, 7) is 1.96. The number of amides is 1. The summed E-state index contributed by atoms with van der Waals surface area (Å²) in [7, 11) is 0. The number of aryl methyl sites for hydroxylation is 1. The van der Waals surface area contributed by atoms with Gasteiger partial charge in [-0.2, -0.15) is 4.98 Å². The van der Waals surface area contributed by atoms with Crippen molar-refractivity contribution in [2.24, 2.45) is 0 Å². The molecule has 0 unspecified atom stereocenters. The molecule has 1 heterocycles. The standard InChI is InChI=1S/C10H9Br2N5O/c1-4-2-5(11)7(6(12)3-4)14-9(18)8-15-10(13)17-16-8/h2-3H,1H3,(H,14,18)(H3,13,15,16,17). The number of nitrogens with two attached hydrogens (primary N) is 1. The second-order valence-electron chi connectivity index (χ2n) is 3.60. The van der Waals surface area contributed by atoms with Gasteiger partial charge in [0.25, 0.3) is 5.91 Å². The number of H-pyrrole nitrogens is 1. The third-order valence-electron chi connectivity index (χ3n) is 2.14. The number of carbonyl (C=O) groups excluding carboxylic acids is 1. The van der Waals surface area contributed by atoms with Crippen LogP contribution in [0.2, 0.25) is 0 Å². The van der Waals surface area contributed by atoms with Crippen LogP contribution in [0, 0.1) is 6.92 Å². The van der Waals surface area contributed by atoms with Crippen molar-refractivity contribution in [1.82, 2.24) is 15.2 Å². The summed E-state index contributed by atoms with van der Waals surface area (Å²) in [5.74, 6) is -0.321. The Morgan fingerprint density at radius 2 is 2.00 bits per heavy atom. The number of benzene rings is 1. The molecule has 0 bridgehead atoms. The number of aromatic nitrogens is 3. The van der Waals surface area contributed by atoms with E-state index in [0.717, 1.165) is 14.5 Å². The molecule has 8 heteroatoms. The molecule has 0 aliphatic rings. The van der Waals surface area contributed by atoms with Gasteiger partial charge in [0.1, 0.15) is 0 Å². The van der Waals surface area contributed by atoms with Gasteiger partial charge >= 0.3 is 0 Å². The van der Waals surface area contributed by atoms with Crippen LogP contribution in [0.25, 0.3) is 0 Å². The SMILES string of the molecule is Cc1cc(Br)c(NC(=O)c2nc(N)n[nH]2)c(Br)c1. The van der Waals surface area contributed by atoms with Crippen LogP contribution in [0.15, 0.2) is 21.1 Å². The fourth-order valence-electron chi connectivity index (χ4n) is 1.37. The monoisotopic (exact) mass is 373 g/mol. The quantitative estimate of drug-likeness (QED) is 0.752. The first-order valence-corrected chi connectivity index (χ1v) is 6.51. The molecule has 1 aromatic carbocycles. The summed E-state index contributed by atoms with van der Waals surface area (Å²) < 4.78 is 1.55. The highest BCUT2D eigenvalue weighted by atomic mass is 79.9. The Balaban J connectivity index is 2.27. The number of halogens is 2. The van der Waals surface area contributed by atoms with Crippen LogP contribution in [0.1, 0.15) is 16.2 Å². The average Bonchev–Trinajstić information content (AvgIpc) is 2.70. The molecule has 2 aromatic rings. The molecule has 2 rings (SSSR count). The number of hydrogen-bond acceptors (Lipinski definition) is 4. The van der Waals surface area contributed by atoms with Gasteiger partial charge in [0.05, 0.1) is 5.69 Å². The molecule has 6 nitrogen and oxygen atoms in total. The van der Waals surface area contributed by atoms with Gasteiger partial charge in [-0.25, -0.2) is 0 Å². The number of nitrogens with one attached hydrogen (secondary N) is 2. The molecule has 1 amide bonds. The van der Waals surface area contributed by atoms with Gasteiger partial charge in [0.15, 0.2) is 0 Å². The first-order chi connectivity index (χ1) is 8.47. The molecule has 0 radical (unpaired) electrons. The molecule has 0 aliphatic heterocycles. The van der Waals surface area contributed by atoms with Crippen LogP contribution in [-0.2, 0) is 0 Å². The zero-order chi connectivity index (χ0) is 13.3. The Morgan fingerprint density at radius 3 is 2.50 bits per heavy atom. The summed E-state index contributed by atoms with van der Waals surface area (Å²) in [6.07, 6.45) is 0. The van der Waals surface area contributed by atoms with Crippen molar-refractivity contribution in [3.8, 4) is 0 Å². The predicted octanol–water partition coefficient (Wildman–Crippen LogP) is 2.47. The van der Waals surface area contributed by atoms with E-state index in [2.05, 4.69) is 52.4 Å². The number of aromatic amines is 1. The number of anilines is 2. The summed E-state index contributed by atoms with van der Waals surface area (Å²) in [5.41, 5.74) is 7.03. The van der Waals surface area contributed by atoms with Crippen molar-refractivity contribution < 1.29 is 4.79 Å². The molecular formula is C10H9Br2N5O. The second kappa shape index (κ2) is 5.07. The lowest BCUT2D eigenvalue weighted by atomic mass is 10.2. The smallest absolute Gasteiger partial charge is 0.293 e. The molecule has 0 saturated carbocycles. The van der Waals surface area contributed by atoms with Crippen molar-refractivity contribution in [3.05, 3.63) is 32.5 Å². The molecule has 1 aromatic heterocycles. The van der Waals surface area contributed by atoms with Gasteiger partial charge in [-0.15, -0.1) is 5.10 Å². The van der Waals surface area contributed by atoms with Crippen LogP contribution < -0.4 is 11.1 Å². The lowest BCUT2D eigenvalue weighted by molar-refractivity contribution is 0.101. The molecule has 4 N–H and O–H groups in total. The highest BCUT2D eigenvalue weighted by molar-refractivity contribution is 9.11. The normalized spacial score (nSPS) is 10.4. The minimum atomic E-state index is -0.413. The molecule has 0 fully saturated rings. The molecule has 0 saturated heterocycles. The van der Waals surface area contributed by atoms with E-state index < -0.39 is 5.91 Å². The van der Waals surface area contributed by atoms with Crippen molar-refractivity contribution in [2.75, 3.05) is 11.1 Å². The molecule has 94 valence electrons. The fourth-order valence-corrected chi connectivity index (χ4v) is 2.98. The zero-order valence-corrected chi connectivity index (χ0v) is 12.5. The molecule has 0 atom stereocenters. The lowest BCUT2D eigenvalue weighted by Crippen LogP contribution is -2.14. The summed E-state index contributed by atoms with van der Waals surface area (Å²) in [5, 5.41) is 8.76. The van der Waals surface area contributed by atoms with Gasteiger partial charge in [0.2, 0.25) is 11.8 Å². The van der Waals surface area contributed by atoms with E-state index in [9.17, 15) is 4.79 Å².